The number of benzene rings is 2. The first-order valence-electron chi connectivity index (χ1n) is 8.70. The number of amides is 1. The summed E-state index contributed by atoms with van der Waals surface area (Å²) in [5, 5.41) is 4.13. The first-order valence-corrected chi connectivity index (χ1v) is 8.70. The molecule has 2 aromatic heterocycles. The number of carbonyl (C=O) groups excluding carboxylic acids is 1. The zero-order chi connectivity index (χ0) is 18.4. The summed E-state index contributed by atoms with van der Waals surface area (Å²) in [5.74, 6) is 0.587. The number of rotatable bonds is 3. The van der Waals surface area contributed by atoms with E-state index in [2.05, 4.69) is 33.5 Å². The molecule has 2 aromatic carbocycles. The van der Waals surface area contributed by atoms with Crippen molar-refractivity contribution in [2.75, 3.05) is 12.4 Å². The molecule has 1 amide bonds. The lowest BCUT2D eigenvalue weighted by atomic mass is 9.94. The topological polar surface area (TPSA) is 69.9 Å². The number of hydrogen-bond donors (Lipinski definition) is 3. The molecule has 0 aliphatic carbocycles. The Kier molecular flexibility index (Phi) is 3.40. The fourth-order valence-corrected chi connectivity index (χ4v) is 3.65. The van der Waals surface area contributed by atoms with Crippen LogP contribution in [0.4, 0.5) is 5.69 Å². The van der Waals surface area contributed by atoms with Crippen LogP contribution in [0.1, 0.15) is 11.3 Å². The van der Waals surface area contributed by atoms with Crippen LogP contribution >= 0.6 is 0 Å². The summed E-state index contributed by atoms with van der Waals surface area (Å²) in [4.78, 5) is 19.1. The zero-order valence-electron chi connectivity index (χ0n) is 14.7. The number of aromatic amines is 2. The van der Waals surface area contributed by atoms with Gasteiger partial charge in [0.25, 0.3) is 5.91 Å². The number of ether oxygens (including phenoxy) is 1. The predicted octanol–water partition coefficient (Wildman–Crippen LogP) is 4.66. The van der Waals surface area contributed by atoms with Crippen molar-refractivity contribution in [1.82, 2.24) is 9.97 Å². The Morgan fingerprint density at radius 1 is 1.00 bits per heavy atom. The molecule has 0 radical (unpaired) electrons. The molecule has 0 spiro atoms. The van der Waals surface area contributed by atoms with Gasteiger partial charge >= 0.3 is 0 Å². The zero-order valence-corrected chi connectivity index (χ0v) is 14.7. The molecule has 0 bridgehead atoms. The van der Waals surface area contributed by atoms with Crippen LogP contribution < -0.4 is 10.1 Å². The Morgan fingerprint density at radius 2 is 1.89 bits per heavy atom. The van der Waals surface area contributed by atoms with Crippen molar-refractivity contribution in [2.24, 2.45) is 0 Å². The van der Waals surface area contributed by atoms with E-state index in [0.717, 1.165) is 39.0 Å². The quantitative estimate of drug-likeness (QED) is 0.468. The van der Waals surface area contributed by atoms with Crippen molar-refractivity contribution in [1.29, 1.82) is 0 Å². The van der Waals surface area contributed by atoms with E-state index in [9.17, 15) is 4.79 Å². The largest absolute Gasteiger partial charge is 0.495 e. The van der Waals surface area contributed by atoms with Gasteiger partial charge in [-0.15, -0.1) is 0 Å². The standard InChI is InChI=1S/C22H17N3O2/c1-27-20-8-10-24-19(20)12-16-21-15(3-2-4-17(21)25-22(16)26)14-6-5-13-7-9-23-18(13)11-14/h2-12,23-24H,1H3,(H,25,26)/b16-12-. The summed E-state index contributed by atoms with van der Waals surface area (Å²) < 4.78 is 5.36. The summed E-state index contributed by atoms with van der Waals surface area (Å²) in [6.07, 6.45) is 5.57. The normalized spacial score (nSPS) is 14.6. The number of methoxy groups -OCH3 is 1. The van der Waals surface area contributed by atoms with Gasteiger partial charge in [-0.25, -0.2) is 0 Å². The molecule has 3 N–H and O–H groups in total. The van der Waals surface area contributed by atoms with Crippen LogP contribution in [-0.2, 0) is 4.79 Å². The van der Waals surface area contributed by atoms with Crippen molar-refractivity contribution in [3.8, 4) is 16.9 Å². The minimum absolute atomic E-state index is 0.116. The molecule has 3 heterocycles. The summed E-state index contributed by atoms with van der Waals surface area (Å²) in [6.45, 7) is 0. The molecular formula is C22H17N3O2. The highest BCUT2D eigenvalue weighted by atomic mass is 16.5. The monoisotopic (exact) mass is 355 g/mol. The van der Waals surface area contributed by atoms with E-state index in [-0.39, 0.29) is 5.91 Å². The van der Waals surface area contributed by atoms with Crippen LogP contribution in [0.5, 0.6) is 5.75 Å². The van der Waals surface area contributed by atoms with Crippen molar-refractivity contribution < 1.29 is 9.53 Å². The minimum atomic E-state index is -0.116. The maximum absolute atomic E-state index is 12.7. The van der Waals surface area contributed by atoms with E-state index in [1.807, 2.05) is 42.6 Å². The average molecular weight is 355 g/mol. The Bertz CT molecular complexity index is 1210. The van der Waals surface area contributed by atoms with E-state index in [4.69, 9.17) is 4.74 Å². The van der Waals surface area contributed by atoms with E-state index in [0.29, 0.717) is 11.3 Å². The Balaban J connectivity index is 1.71. The number of aromatic nitrogens is 2. The third kappa shape index (κ3) is 2.44. The molecule has 0 unspecified atom stereocenters. The Morgan fingerprint density at radius 3 is 2.78 bits per heavy atom. The van der Waals surface area contributed by atoms with Crippen molar-refractivity contribution in [3.05, 3.63) is 72.2 Å². The van der Waals surface area contributed by atoms with Gasteiger partial charge in [0.2, 0.25) is 0 Å². The lowest BCUT2D eigenvalue weighted by Gasteiger charge is -2.09. The number of fused-ring (bicyclic) bond motifs is 2. The molecule has 5 heteroatoms. The first-order chi connectivity index (χ1) is 13.2. The number of H-pyrrole nitrogens is 2. The highest BCUT2D eigenvalue weighted by Gasteiger charge is 2.27. The summed E-state index contributed by atoms with van der Waals surface area (Å²) in [6, 6.07) is 16.1. The van der Waals surface area contributed by atoms with Crippen LogP contribution in [0.3, 0.4) is 0 Å². The van der Waals surface area contributed by atoms with Gasteiger partial charge in [-0.1, -0.05) is 24.3 Å². The lowest BCUT2D eigenvalue weighted by Crippen LogP contribution is -2.03. The van der Waals surface area contributed by atoms with Gasteiger partial charge in [0, 0.05) is 29.2 Å². The summed E-state index contributed by atoms with van der Waals surface area (Å²) >= 11 is 0. The second kappa shape index (κ2) is 5.92. The van der Waals surface area contributed by atoms with Crippen molar-refractivity contribution in [2.45, 2.75) is 0 Å². The van der Waals surface area contributed by atoms with Gasteiger partial charge in [-0.2, -0.15) is 0 Å². The molecule has 27 heavy (non-hydrogen) atoms. The molecule has 0 atom stereocenters. The Labute approximate surface area is 155 Å². The van der Waals surface area contributed by atoms with Gasteiger partial charge in [-0.3, -0.25) is 4.79 Å². The van der Waals surface area contributed by atoms with Gasteiger partial charge in [-0.05, 0) is 46.9 Å². The number of nitrogens with one attached hydrogen (secondary N) is 3. The van der Waals surface area contributed by atoms with Crippen molar-refractivity contribution >= 4 is 34.1 Å². The summed E-state index contributed by atoms with van der Waals surface area (Å²) in [7, 11) is 1.62. The fraction of sp³-hybridized carbons (Fsp3) is 0.0455. The third-order valence-corrected chi connectivity index (χ3v) is 4.94. The van der Waals surface area contributed by atoms with Crippen molar-refractivity contribution in [3.63, 3.8) is 0 Å². The summed E-state index contributed by atoms with van der Waals surface area (Å²) in [5.41, 5.74) is 6.25. The van der Waals surface area contributed by atoms with Crippen LogP contribution in [0.2, 0.25) is 0 Å². The number of carbonyl (C=O) groups is 1. The van der Waals surface area contributed by atoms with Crippen LogP contribution in [0, 0.1) is 0 Å². The average Bonchev–Trinajstić information content (AvgIpc) is 3.40. The predicted molar refractivity (Wildman–Crippen MR) is 108 cm³/mol. The SMILES string of the molecule is COc1cc[nH]c1/C=C1\C(=O)Nc2cccc(-c3ccc4cc[nH]c4c3)c21. The first kappa shape index (κ1) is 15.5. The molecule has 0 saturated carbocycles. The second-order valence-corrected chi connectivity index (χ2v) is 6.48. The maximum Gasteiger partial charge on any atom is 0.256 e. The number of hydrogen-bond acceptors (Lipinski definition) is 2. The Hall–Kier alpha value is -3.73. The molecule has 1 aliphatic heterocycles. The molecule has 5 rings (SSSR count). The highest BCUT2D eigenvalue weighted by Crippen LogP contribution is 2.41. The van der Waals surface area contributed by atoms with Crippen LogP contribution in [0.15, 0.2) is 60.9 Å². The molecule has 0 fully saturated rings. The van der Waals surface area contributed by atoms with Crippen LogP contribution in [0.25, 0.3) is 33.7 Å². The van der Waals surface area contributed by atoms with Gasteiger partial charge in [0.15, 0.2) is 0 Å². The maximum atomic E-state index is 12.7. The highest BCUT2D eigenvalue weighted by molar-refractivity contribution is 6.36. The third-order valence-electron chi connectivity index (χ3n) is 4.94. The molecule has 4 aromatic rings. The molecule has 1 aliphatic rings. The number of anilines is 1. The lowest BCUT2D eigenvalue weighted by molar-refractivity contribution is -0.110. The van der Waals surface area contributed by atoms with E-state index < -0.39 is 0 Å². The van der Waals surface area contributed by atoms with Crippen LogP contribution in [-0.4, -0.2) is 23.0 Å². The minimum Gasteiger partial charge on any atom is -0.495 e. The van der Waals surface area contributed by atoms with E-state index in [1.54, 1.807) is 13.3 Å². The van der Waals surface area contributed by atoms with E-state index >= 15 is 0 Å². The van der Waals surface area contributed by atoms with Gasteiger partial charge in [0.1, 0.15) is 5.75 Å². The molecular weight excluding hydrogens is 338 g/mol. The van der Waals surface area contributed by atoms with Gasteiger partial charge in [0.05, 0.1) is 18.4 Å². The smallest absolute Gasteiger partial charge is 0.256 e. The fourth-order valence-electron chi connectivity index (χ4n) is 3.65. The second-order valence-electron chi connectivity index (χ2n) is 6.48. The molecule has 0 saturated heterocycles. The molecule has 5 nitrogen and oxygen atoms in total. The molecule has 132 valence electrons. The van der Waals surface area contributed by atoms with E-state index in [1.165, 1.54) is 0 Å². The van der Waals surface area contributed by atoms with Gasteiger partial charge < -0.3 is 20.0 Å².